The van der Waals surface area contributed by atoms with Crippen LogP contribution < -0.4 is 11.1 Å². The van der Waals surface area contributed by atoms with Crippen LogP contribution in [0.2, 0.25) is 0 Å². The normalized spacial score (nSPS) is 18.1. The van der Waals surface area contributed by atoms with Crippen LogP contribution in [0.4, 0.5) is 5.82 Å². The molecule has 0 radical (unpaired) electrons. The summed E-state index contributed by atoms with van der Waals surface area (Å²) in [6.07, 6.45) is 3.00. The molecule has 1 aliphatic heterocycles. The lowest BCUT2D eigenvalue weighted by molar-refractivity contribution is -0.130. The molecule has 104 valence electrons. The lowest BCUT2D eigenvalue weighted by Crippen LogP contribution is -2.46. The SMILES string of the molecule is Cc1cc(NC(=O)C2(CN)CCOCC2)ncc1Br. The van der Waals surface area contributed by atoms with Crippen molar-refractivity contribution in [1.82, 2.24) is 4.98 Å². The van der Waals surface area contributed by atoms with Gasteiger partial charge in [-0.25, -0.2) is 4.98 Å². The lowest BCUT2D eigenvalue weighted by atomic mass is 9.79. The van der Waals surface area contributed by atoms with E-state index in [0.29, 0.717) is 38.4 Å². The van der Waals surface area contributed by atoms with Crippen molar-refractivity contribution in [2.75, 3.05) is 25.1 Å². The minimum atomic E-state index is -0.527. The molecule has 1 aliphatic rings. The van der Waals surface area contributed by atoms with E-state index in [1.165, 1.54) is 0 Å². The van der Waals surface area contributed by atoms with Crippen molar-refractivity contribution in [3.05, 3.63) is 22.3 Å². The zero-order valence-corrected chi connectivity index (χ0v) is 12.5. The number of halogens is 1. The Labute approximate surface area is 121 Å². The number of pyridine rings is 1. The average Bonchev–Trinajstić information content (AvgIpc) is 2.43. The summed E-state index contributed by atoms with van der Waals surface area (Å²) in [6, 6.07) is 1.84. The van der Waals surface area contributed by atoms with Gasteiger partial charge in [0.25, 0.3) is 0 Å². The van der Waals surface area contributed by atoms with Crippen LogP contribution in [0.3, 0.4) is 0 Å². The van der Waals surface area contributed by atoms with Crippen molar-refractivity contribution in [2.45, 2.75) is 19.8 Å². The number of aryl methyl sites for hydroxylation is 1. The second kappa shape index (κ2) is 5.98. The van der Waals surface area contributed by atoms with Gasteiger partial charge in [-0.05, 0) is 47.3 Å². The molecule has 0 saturated carbocycles. The Morgan fingerprint density at radius 1 is 1.58 bits per heavy atom. The summed E-state index contributed by atoms with van der Waals surface area (Å²) in [7, 11) is 0. The maximum absolute atomic E-state index is 12.4. The second-order valence-electron chi connectivity index (χ2n) is 4.87. The Morgan fingerprint density at radius 3 is 2.84 bits per heavy atom. The monoisotopic (exact) mass is 327 g/mol. The molecule has 0 aromatic carbocycles. The van der Waals surface area contributed by atoms with Gasteiger partial charge in [0.05, 0.1) is 5.41 Å². The third-order valence-electron chi connectivity index (χ3n) is 3.61. The first-order chi connectivity index (χ1) is 9.07. The van der Waals surface area contributed by atoms with Gasteiger partial charge < -0.3 is 15.8 Å². The smallest absolute Gasteiger partial charge is 0.233 e. The van der Waals surface area contributed by atoms with Gasteiger partial charge >= 0.3 is 0 Å². The predicted octanol–water partition coefficient (Wildman–Crippen LogP) is 1.85. The fourth-order valence-corrected chi connectivity index (χ4v) is 2.36. The van der Waals surface area contributed by atoms with E-state index in [4.69, 9.17) is 10.5 Å². The third-order valence-corrected chi connectivity index (χ3v) is 4.44. The number of nitrogens with two attached hydrogens (primary N) is 1. The van der Waals surface area contributed by atoms with E-state index in [-0.39, 0.29) is 5.91 Å². The molecule has 6 heteroatoms. The van der Waals surface area contributed by atoms with Gasteiger partial charge in [0.1, 0.15) is 5.82 Å². The average molecular weight is 328 g/mol. The first-order valence-corrected chi connectivity index (χ1v) is 7.08. The number of amides is 1. The number of nitrogens with zero attached hydrogens (tertiary/aromatic N) is 1. The molecule has 0 atom stereocenters. The fraction of sp³-hybridized carbons (Fsp3) is 0.538. The van der Waals surface area contributed by atoms with E-state index in [1.54, 1.807) is 6.20 Å². The molecule has 1 saturated heterocycles. The van der Waals surface area contributed by atoms with E-state index in [0.717, 1.165) is 10.0 Å². The second-order valence-corrected chi connectivity index (χ2v) is 5.72. The summed E-state index contributed by atoms with van der Waals surface area (Å²) >= 11 is 3.38. The minimum absolute atomic E-state index is 0.0625. The van der Waals surface area contributed by atoms with E-state index in [1.807, 2.05) is 13.0 Å². The highest BCUT2D eigenvalue weighted by Crippen LogP contribution is 2.31. The van der Waals surface area contributed by atoms with Gasteiger partial charge in [0, 0.05) is 30.4 Å². The first kappa shape index (κ1) is 14.4. The summed E-state index contributed by atoms with van der Waals surface area (Å²) in [6.45, 7) is 3.45. The van der Waals surface area contributed by atoms with E-state index in [9.17, 15) is 4.79 Å². The molecule has 0 spiro atoms. The molecular formula is C13H18BrN3O2. The van der Waals surface area contributed by atoms with E-state index < -0.39 is 5.41 Å². The van der Waals surface area contributed by atoms with E-state index >= 15 is 0 Å². The maximum Gasteiger partial charge on any atom is 0.233 e. The maximum atomic E-state index is 12.4. The summed E-state index contributed by atoms with van der Waals surface area (Å²) in [5, 5.41) is 2.86. The Balaban J connectivity index is 2.12. The molecule has 2 heterocycles. The minimum Gasteiger partial charge on any atom is -0.381 e. The molecule has 19 heavy (non-hydrogen) atoms. The summed E-state index contributed by atoms with van der Waals surface area (Å²) in [5.74, 6) is 0.498. The number of rotatable bonds is 3. The van der Waals surface area contributed by atoms with Gasteiger partial charge in [-0.3, -0.25) is 4.79 Å². The van der Waals surface area contributed by atoms with Gasteiger partial charge in [0.2, 0.25) is 5.91 Å². The fourth-order valence-electron chi connectivity index (χ4n) is 2.14. The Hall–Kier alpha value is -0.980. The van der Waals surface area contributed by atoms with Crippen molar-refractivity contribution in [1.29, 1.82) is 0 Å². The Kier molecular flexibility index (Phi) is 4.54. The van der Waals surface area contributed by atoms with Crippen LogP contribution in [0, 0.1) is 12.3 Å². The highest BCUT2D eigenvalue weighted by molar-refractivity contribution is 9.10. The molecule has 0 aliphatic carbocycles. The number of anilines is 1. The van der Waals surface area contributed by atoms with Crippen molar-refractivity contribution < 1.29 is 9.53 Å². The highest BCUT2D eigenvalue weighted by atomic mass is 79.9. The van der Waals surface area contributed by atoms with Crippen molar-refractivity contribution in [2.24, 2.45) is 11.1 Å². The van der Waals surface area contributed by atoms with Crippen molar-refractivity contribution >= 4 is 27.7 Å². The first-order valence-electron chi connectivity index (χ1n) is 6.29. The van der Waals surface area contributed by atoms with Crippen LogP contribution >= 0.6 is 15.9 Å². The Bertz CT molecular complexity index is 473. The number of nitrogens with one attached hydrogen (secondary N) is 1. The van der Waals surface area contributed by atoms with Crippen LogP contribution in [-0.4, -0.2) is 30.6 Å². The molecule has 1 aromatic rings. The molecular weight excluding hydrogens is 310 g/mol. The number of hydrogen-bond donors (Lipinski definition) is 2. The quantitative estimate of drug-likeness (QED) is 0.888. The standard InChI is InChI=1S/C13H18BrN3O2/c1-9-6-11(16-7-10(9)14)17-12(18)13(8-15)2-4-19-5-3-13/h6-7H,2-5,8,15H2,1H3,(H,16,17,18). The molecule has 0 bridgehead atoms. The number of hydrogen-bond acceptors (Lipinski definition) is 4. The zero-order valence-electron chi connectivity index (χ0n) is 10.9. The number of carbonyl (C=O) groups excluding carboxylic acids is 1. The third kappa shape index (κ3) is 3.13. The number of aromatic nitrogens is 1. The molecule has 5 nitrogen and oxygen atoms in total. The van der Waals surface area contributed by atoms with Crippen LogP contribution in [0.15, 0.2) is 16.7 Å². The highest BCUT2D eigenvalue weighted by Gasteiger charge is 2.38. The van der Waals surface area contributed by atoms with E-state index in [2.05, 4.69) is 26.2 Å². The van der Waals surface area contributed by atoms with Gasteiger partial charge in [0.15, 0.2) is 0 Å². The molecule has 1 amide bonds. The molecule has 0 unspecified atom stereocenters. The molecule has 1 fully saturated rings. The topological polar surface area (TPSA) is 77.2 Å². The molecule has 3 N–H and O–H groups in total. The van der Waals surface area contributed by atoms with Gasteiger partial charge in [-0.15, -0.1) is 0 Å². The summed E-state index contributed by atoms with van der Waals surface area (Å²) in [4.78, 5) is 16.6. The predicted molar refractivity (Wildman–Crippen MR) is 76.8 cm³/mol. The van der Waals surface area contributed by atoms with Crippen LogP contribution in [0.5, 0.6) is 0 Å². The molecule has 1 aromatic heterocycles. The molecule has 2 rings (SSSR count). The largest absolute Gasteiger partial charge is 0.381 e. The Morgan fingerprint density at radius 2 is 2.26 bits per heavy atom. The zero-order chi connectivity index (χ0) is 13.9. The summed E-state index contributed by atoms with van der Waals surface area (Å²) in [5.41, 5.74) is 6.30. The van der Waals surface area contributed by atoms with Crippen molar-refractivity contribution in [3.8, 4) is 0 Å². The van der Waals surface area contributed by atoms with Gasteiger partial charge in [-0.1, -0.05) is 0 Å². The van der Waals surface area contributed by atoms with Crippen LogP contribution in [-0.2, 0) is 9.53 Å². The van der Waals surface area contributed by atoms with Crippen LogP contribution in [0.25, 0.3) is 0 Å². The van der Waals surface area contributed by atoms with Crippen LogP contribution in [0.1, 0.15) is 18.4 Å². The number of ether oxygens (including phenoxy) is 1. The summed E-state index contributed by atoms with van der Waals surface area (Å²) < 4.78 is 6.23. The van der Waals surface area contributed by atoms with Crippen molar-refractivity contribution in [3.63, 3.8) is 0 Å². The lowest BCUT2D eigenvalue weighted by Gasteiger charge is -2.34. The van der Waals surface area contributed by atoms with Gasteiger partial charge in [-0.2, -0.15) is 0 Å². The number of carbonyl (C=O) groups is 1.